The molecule has 0 atom stereocenters. The largest absolute Gasteiger partial charge is 0.264 e. The van der Waals surface area contributed by atoms with Crippen molar-refractivity contribution in [2.75, 3.05) is 0 Å². The summed E-state index contributed by atoms with van der Waals surface area (Å²) in [5.41, 5.74) is 7.17. The lowest BCUT2D eigenvalue weighted by Gasteiger charge is -2.17. The SMILES string of the molecule is c1ccc(-c2nc(-c3ccc(-c4cccnc4)cc3)nc(-c3cccc(-c4cc5ccc6cccc7c8cccc9ccc%10cccc(c(c4)c5c67)c%10c98)c3)n2)cc1. The highest BCUT2D eigenvalue weighted by atomic mass is 15.0. The van der Waals surface area contributed by atoms with Crippen LogP contribution in [-0.4, -0.2) is 19.9 Å². The summed E-state index contributed by atoms with van der Waals surface area (Å²) in [5, 5.41) is 15.2. The van der Waals surface area contributed by atoms with Gasteiger partial charge in [0.2, 0.25) is 0 Å². The number of hydrogen-bond donors (Lipinski definition) is 0. The fraction of sp³-hybridized carbons (Fsp3) is 0. The van der Waals surface area contributed by atoms with Gasteiger partial charge in [-0.15, -0.1) is 0 Å². The number of pyridine rings is 1. The Labute approximate surface area is 334 Å². The number of benzene rings is 9. The maximum absolute atomic E-state index is 5.12. The summed E-state index contributed by atoms with van der Waals surface area (Å²) in [7, 11) is 0. The van der Waals surface area contributed by atoms with Crippen molar-refractivity contribution in [2.45, 2.75) is 0 Å². The third kappa shape index (κ3) is 5.16. The van der Waals surface area contributed by atoms with Gasteiger partial charge in [-0.3, -0.25) is 4.98 Å². The summed E-state index contributed by atoms with van der Waals surface area (Å²) >= 11 is 0. The first kappa shape index (κ1) is 32.4. The van der Waals surface area contributed by atoms with Gasteiger partial charge >= 0.3 is 0 Å². The van der Waals surface area contributed by atoms with E-state index in [0.717, 1.165) is 38.9 Å². The molecule has 0 aliphatic heterocycles. The zero-order valence-electron chi connectivity index (χ0n) is 31.3. The van der Waals surface area contributed by atoms with E-state index >= 15 is 0 Å². The molecular weight excluding hydrogens is 705 g/mol. The average molecular weight is 737 g/mol. The van der Waals surface area contributed by atoms with Crippen molar-refractivity contribution >= 4 is 64.6 Å². The van der Waals surface area contributed by atoms with Gasteiger partial charge in [0, 0.05) is 29.1 Å². The molecule has 58 heavy (non-hydrogen) atoms. The summed E-state index contributed by atoms with van der Waals surface area (Å²) in [4.78, 5) is 19.5. The Morgan fingerprint density at radius 2 is 0.741 bits per heavy atom. The van der Waals surface area contributed by atoms with Gasteiger partial charge < -0.3 is 0 Å². The monoisotopic (exact) mass is 736 g/mol. The molecule has 4 heteroatoms. The van der Waals surface area contributed by atoms with Gasteiger partial charge in [0.05, 0.1) is 0 Å². The van der Waals surface area contributed by atoms with E-state index in [4.69, 9.17) is 15.0 Å². The van der Waals surface area contributed by atoms with Crippen LogP contribution in [-0.2, 0) is 0 Å². The van der Waals surface area contributed by atoms with Crippen molar-refractivity contribution in [1.29, 1.82) is 0 Å². The molecule has 0 bridgehead atoms. The quantitative estimate of drug-likeness (QED) is 0.165. The first-order valence-electron chi connectivity index (χ1n) is 19.6. The number of nitrogens with zero attached hydrogens (tertiary/aromatic N) is 4. The molecule has 0 spiro atoms. The van der Waals surface area contributed by atoms with Crippen molar-refractivity contribution < 1.29 is 0 Å². The Bertz CT molecular complexity index is 3540. The van der Waals surface area contributed by atoms with Crippen molar-refractivity contribution in [3.05, 3.63) is 194 Å². The minimum Gasteiger partial charge on any atom is -0.264 e. The Morgan fingerprint density at radius 1 is 0.259 bits per heavy atom. The van der Waals surface area contributed by atoms with Gasteiger partial charge in [0.1, 0.15) is 0 Å². The number of aromatic nitrogens is 4. The van der Waals surface area contributed by atoms with Crippen molar-refractivity contribution in [2.24, 2.45) is 0 Å². The molecule has 0 saturated carbocycles. The first-order chi connectivity index (χ1) is 28.7. The average Bonchev–Trinajstić information content (AvgIpc) is 3.30. The lowest BCUT2D eigenvalue weighted by atomic mass is 9.86. The minimum absolute atomic E-state index is 0.625. The first-order valence-corrected chi connectivity index (χ1v) is 19.6. The molecule has 12 aromatic rings. The van der Waals surface area contributed by atoms with Crippen LogP contribution in [0.1, 0.15) is 0 Å². The maximum atomic E-state index is 5.12. The smallest absolute Gasteiger partial charge is 0.164 e. The molecular formula is C54H32N4. The van der Waals surface area contributed by atoms with E-state index in [0.29, 0.717) is 17.5 Å². The molecule has 0 amide bonds. The van der Waals surface area contributed by atoms with Crippen LogP contribution in [0.2, 0.25) is 0 Å². The third-order valence-electron chi connectivity index (χ3n) is 11.7. The second kappa shape index (κ2) is 12.9. The molecule has 0 N–H and O–H groups in total. The molecule has 0 fully saturated rings. The van der Waals surface area contributed by atoms with Crippen LogP contribution in [0.25, 0.3) is 121 Å². The number of rotatable bonds is 5. The van der Waals surface area contributed by atoms with Crippen LogP contribution in [0.4, 0.5) is 0 Å². The highest BCUT2D eigenvalue weighted by Crippen LogP contribution is 2.44. The predicted molar refractivity (Wildman–Crippen MR) is 241 cm³/mol. The molecule has 2 aromatic heterocycles. The van der Waals surface area contributed by atoms with Gasteiger partial charge in [-0.05, 0) is 111 Å². The van der Waals surface area contributed by atoms with Crippen LogP contribution >= 0.6 is 0 Å². The van der Waals surface area contributed by atoms with Crippen molar-refractivity contribution in [3.8, 4) is 56.4 Å². The van der Waals surface area contributed by atoms with E-state index in [1.165, 1.54) is 64.6 Å². The van der Waals surface area contributed by atoms with Gasteiger partial charge in [-0.25, -0.2) is 15.0 Å². The molecule has 0 radical (unpaired) electrons. The Hall–Kier alpha value is -7.82. The van der Waals surface area contributed by atoms with E-state index in [1.54, 1.807) is 6.20 Å². The fourth-order valence-corrected chi connectivity index (χ4v) is 8.98. The molecule has 12 rings (SSSR count). The van der Waals surface area contributed by atoms with Gasteiger partial charge in [-0.1, -0.05) is 158 Å². The summed E-state index contributed by atoms with van der Waals surface area (Å²) in [6.07, 6.45) is 3.67. The predicted octanol–water partition coefficient (Wildman–Crippen LogP) is 14.0. The highest BCUT2D eigenvalue weighted by molar-refractivity contribution is 6.37. The lowest BCUT2D eigenvalue weighted by molar-refractivity contribution is 1.07. The van der Waals surface area contributed by atoms with Crippen molar-refractivity contribution in [1.82, 2.24) is 19.9 Å². The Kier molecular flexibility index (Phi) is 7.20. The maximum Gasteiger partial charge on any atom is 0.164 e. The summed E-state index contributed by atoms with van der Waals surface area (Å²) in [6, 6.07) is 65.2. The summed E-state index contributed by atoms with van der Waals surface area (Å²) in [6.45, 7) is 0. The minimum atomic E-state index is 0.625. The van der Waals surface area contributed by atoms with Gasteiger partial charge in [0.15, 0.2) is 17.5 Å². The summed E-state index contributed by atoms with van der Waals surface area (Å²) < 4.78 is 0. The molecule has 2 heterocycles. The van der Waals surface area contributed by atoms with E-state index in [1.807, 2.05) is 42.6 Å². The van der Waals surface area contributed by atoms with Crippen LogP contribution in [0.3, 0.4) is 0 Å². The third-order valence-corrected chi connectivity index (χ3v) is 11.7. The van der Waals surface area contributed by atoms with Crippen LogP contribution in [0.15, 0.2) is 194 Å². The highest BCUT2D eigenvalue weighted by Gasteiger charge is 2.18. The Morgan fingerprint density at radius 3 is 1.36 bits per heavy atom. The molecule has 0 aliphatic rings. The van der Waals surface area contributed by atoms with E-state index in [2.05, 4.69) is 151 Å². The van der Waals surface area contributed by atoms with E-state index < -0.39 is 0 Å². The molecule has 0 aliphatic carbocycles. The van der Waals surface area contributed by atoms with E-state index in [9.17, 15) is 0 Å². The van der Waals surface area contributed by atoms with Gasteiger partial charge in [0.25, 0.3) is 0 Å². The molecule has 0 saturated heterocycles. The van der Waals surface area contributed by atoms with Crippen LogP contribution in [0.5, 0.6) is 0 Å². The zero-order valence-corrected chi connectivity index (χ0v) is 31.3. The normalized spacial score (nSPS) is 11.8. The van der Waals surface area contributed by atoms with Crippen LogP contribution in [0, 0.1) is 0 Å². The Balaban J connectivity index is 1.07. The topological polar surface area (TPSA) is 51.6 Å². The standard InChI is InChI=1S/C54H32N4/c1-2-9-37(10-3-1)52-56-53(38-25-20-33(21-26-38)42-16-8-28-55-32-42)58-54(57-52)41-15-4-14-39(29-41)43-30-40-27-24-36-12-6-18-45-44-17-5-11-34-22-23-35-13-7-19-46(50(35)48(34)44)47(31-43)51(40)49(36)45/h1-32H. The van der Waals surface area contributed by atoms with Gasteiger partial charge in [-0.2, -0.15) is 0 Å². The molecule has 10 aromatic carbocycles. The molecule has 268 valence electrons. The van der Waals surface area contributed by atoms with Crippen molar-refractivity contribution in [3.63, 3.8) is 0 Å². The van der Waals surface area contributed by atoms with Crippen LogP contribution < -0.4 is 0 Å². The van der Waals surface area contributed by atoms with E-state index in [-0.39, 0.29) is 0 Å². The second-order valence-electron chi connectivity index (χ2n) is 15.0. The number of hydrogen-bond acceptors (Lipinski definition) is 4. The molecule has 4 nitrogen and oxygen atoms in total. The second-order valence-corrected chi connectivity index (χ2v) is 15.0. The summed E-state index contributed by atoms with van der Waals surface area (Å²) in [5.74, 6) is 1.89. The number of fused-ring (bicyclic) bond motifs is 2. The molecule has 0 unspecified atom stereocenters. The zero-order chi connectivity index (χ0) is 38.2. The fourth-order valence-electron chi connectivity index (χ4n) is 8.98. The lowest BCUT2D eigenvalue weighted by Crippen LogP contribution is -2.00.